The molecule has 1 aliphatic rings. The lowest BCUT2D eigenvalue weighted by Crippen LogP contribution is -2.31. The third-order valence-electron chi connectivity index (χ3n) is 4.40. The number of hydrogen-bond acceptors (Lipinski definition) is 2. The molecule has 0 N–H and O–H groups in total. The zero-order chi connectivity index (χ0) is 15.8. The minimum atomic E-state index is -3.42. The van der Waals surface area contributed by atoms with Gasteiger partial charge in [0.25, 0.3) is 0 Å². The summed E-state index contributed by atoms with van der Waals surface area (Å²) in [6, 6.07) is 5.42. The number of halogens is 1. The molecule has 1 saturated heterocycles. The monoisotopic (exact) mass is 329 g/mol. The van der Waals surface area contributed by atoms with E-state index in [0.717, 1.165) is 17.5 Å². The third-order valence-corrected chi connectivity index (χ3v) is 6.72. The van der Waals surface area contributed by atoms with Crippen molar-refractivity contribution in [3.63, 3.8) is 0 Å². The Hall–Kier alpha value is -0.580. The van der Waals surface area contributed by atoms with Crippen molar-refractivity contribution in [1.82, 2.24) is 4.31 Å². The molecule has 0 radical (unpaired) electrons. The largest absolute Gasteiger partial charge is 0.243 e. The molecular weight excluding hydrogens is 306 g/mol. The number of hydrogen-bond donors (Lipinski definition) is 0. The van der Waals surface area contributed by atoms with Gasteiger partial charge in [-0.1, -0.05) is 32.9 Å². The van der Waals surface area contributed by atoms with Crippen LogP contribution in [-0.2, 0) is 15.9 Å². The van der Waals surface area contributed by atoms with E-state index in [9.17, 15) is 8.42 Å². The standard InChI is InChI=1S/C16H24ClNO2S/c1-12-5-6-13(10-17)9-15(12)21(19,20)18-8-7-14(11-18)16(2,3)4/h5-6,9,14H,7-8,10-11H2,1-4H3. The van der Waals surface area contributed by atoms with Crippen LogP contribution in [0.15, 0.2) is 23.1 Å². The molecule has 1 aliphatic heterocycles. The first kappa shape index (κ1) is 16.8. The summed E-state index contributed by atoms with van der Waals surface area (Å²) in [5.41, 5.74) is 1.76. The maximum absolute atomic E-state index is 12.9. The van der Waals surface area contributed by atoms with Gasteiger partial charge in [-0.2, -0.15) is 4.31 Å². The average molecular weight is 330 g/mol. The molecular formula is C16H24ClNO2S. The first-order valence-electron chi connectivity index (χ1n) is 7.32. The van der Waals surface area contributed by atoms with E-state index in [4.69, 9.17) is 11.6 Å². The summed E-state index contributed by atoms with van der Waals surface area (Å²) < 4.78 is 27.4. The van der Waals surface area contributed by atoms with Crippen LogP contribution in [0.4, 0.5) is 0 Å². The smallest absolute Gasteiger partial charge is 0.207 e. The minimum absolute atomic E-state index is 0.136. The Labute approximate surface area is 133 Å². The number of alkyl halides is 1. The summed E-state index contributed by atoms with van der Waals surface area (Å²) in [7, 11) is -3.42. The van der Waals surface area contributed by atoms with Crippen LogP contribution in [0.5, 0.6) is 0 Å². The number of nitrogens with zero attached hydrogens (tertiary/aromatic N) is 1. The van der Waals surface area contributed by atoms with Gasteiger partial charge in [-0.15, -0.1) is 11.6 Å². The Morgan fingerprint density at radius 3 is 2.52 bits per heavy atom. The summed E-state index contributed by atoms with van der Waals surface area (Å²) in [4.78, 5) is 0.398. The van der Waals surface area contributed by atoms with Gasteiger partial charge >= 0.3 is 0 Å². The van der Waals surface area contributed by atoms with E-state index in [-0.39, 0.29) is 5.41 Å². The van der Waals surface area contributed by atoms with Crippen LogP contribution in [-0.4, -0.2) is 25.8 Å². The van der Waals surface area contributed by atoms with Crippen molar-refractivity contribution in [1.29, 1.82) is 0 Å². The highest BCUT2D eigenvalue weighted by Gasteiger charge is 2.38. The highest BCUT2D eigenvalue weighted by molar-refractivity contribution is 7.89. The second kappa shape index (κ2) is 5.90. The molecule has 1 unspecified atom stereocenters. The molecule has 0 saturated carbocycles. The number of benzene rings is 1. The van der Waals surface area contributed by atoms with Gasteiger partial charge < -0.3 is 0 Å². The Morgan fingerprint density at radius 2 is 2.00 bits per heavy atom. The normalized spacial score (nSPS) is 20.9. The van der Waals surface area contributed by atoms with Crippen LogP contribution in [0, 0.1) is 18.3 Å². The summed E-state index contributed by atoms with van der Waals surface area (Å²) in [6.45, 7) is 9.57. The van der Waals surface area contributed by atoms with Crippen LogP contribution >= 0.6 is 11.6 Å². The van der Waals surface area contributed by atoms with Crippen molar-refractivity contribution in [3.8, 4) is 0 Å². The molecule has 21 heavy (non-hydrogen) atoms. The fraction of sp³-hybridized carbons (Fsp3) is 0.625. The minimum Gasteiger partial charge on any atom is -0.207 e. The highest BCUT2D eigenvalue weighted by atomic mass is 35.5. The molecule has 0 amide bonds. The van der Waals surface area contributed by atoms with Crippen molar-refractivity contribution >= 4 is 21.6 Å². The van der Waals surface area contributed by atoms with E-state index < -0.39 is 10.0 Å². The number of sulfonamides is 1. The van der Waals surface area contributed by atoms with E-state index in [2.05, 4.69) is 20.8 Å². The Morgan fingerprint density at radius 1 is 1.33 bits per heavy atom. The van der Waals surface area contributed by atoms with Crippen molar-refractivity contribution in [2.75, 3.05) is 13.1 Å². The summed E-state index contributed by atoms with van der Waals surface area (Å²) in [5, 5.41) is 0. The second-order valence-corrected chi connectivity index (χ2v) is 9.12. The average Bonchev–Trinajstić information content (AvgIpc) is 2.89. The fourth-order valence-corrected chi connectivity index (χ4v) is 4.74. The van der Waals surface area contributed by atoms with E-state index in [1.165, 1.54) is 0 Å². The molecule has 1 aromatic rings. The molecule has 118 valence electrons. The lowest BCUT2D eigenvalue weighted by Gasteiger charge is -2.27. The molecule has 1 atom stereocenters. The Kier molecular flexibility index (Phi) is 4.72. The number of aryl methyl sites for hydroxylation is 1. The summed E-state index contributed by atoms with van der Waals surface area (Å²) >= 11 is 5.84. The molecule has 1 heterocycles. The predicted octanol–water partition coefficient (Wildman–Crippen LogP) is 3.79. The highest BCUT2D eigenvalue weighted by Crippen LogP contribution is 2.36. The Bertz CT molecular complexity index is 620. The van der Waals surface area contributed by atoms with Crippen molar-refractivity contribution in [3.05, 3.63) is 29.3 Å². The first-order chi connectivity index (χ1) is 9.66. The molecule has 2 rings (SSSR count). The van der Waals surface area contributed by atoms with E-state index in [1.54, 1.807) is 10.4 Å². The van der Waals surface area contributed by atoms with Gasteiger partial charge in [-0.3, -0.25) is 0 Å². The molecule has 0 aromatic heterocycles. The zero-order valence-electron chi connectivity index (χ0n) is 13.2. The third kappa shape index (κ3) is 3.43. The topological polar surface area (TPSA) is 37.4 Å². The van der Waals surface area contributed by atoms with Gasteiger partial charge in [0.1, 0.15) is 0 Å². The molecule has 1 fully saturated rings. The predicted molar refractivity (Wildman–Crippen MR) is 87.1 cm³/mol. The van der Waals surface area contributed by atoms with Gasteiger partial charge in [0.15, 0.2) is 0 Å². The lowest BCUT2D eigenvalue weighted by molar-refractivity contribution is 0.252. The molecule has 3 nitrogen and oxygen atoms in total. The van der Waals surface area contributed by atoms with Crippen LogP contribution in [0.1, 0.15) is 38.3 Å². The van der Waals surface area contributed by atoms with Crippen LogP contribution in [0.3, 0.4) is 0 Å². The van der Waals surface area contributed by atoms with Crippen molar-refractivity contribution in [2.45, 2.75) is 44.9 Å². The van der Waals surface area contributed by atoms with E-state index >= 15 is 0 Å². The van der Waals surface area contributed by atoms with E-state index in [0.29, 0.717) is 29.8 Å². The maximum Gasteiger partial charge on any atom is 0.243 e. The van der Waals surface area contributed by atoms with Gasteiger partial charge in [0, 0.05) is 19.0 Å². The van der Waals surface area contributed by atoms with Gasteiger partial charge in [0.2, 0.25) is 10.0 Å². The molecule has 5 heteroatoms. The van der Waals surface area contributed by atoms with Gasteiger partial charge in [0.05, 0.1) is 4.90 Å². The summed E-state index contributed by atoms with van der Waals surface area (Å²) in [6.07, 6.45) is 0.928. The molecule has 0 bridgehead atoms. The lowest BCUT2D eigenvalue weighted by atomic mass is 9.80. The Balaban J connectivity index is 2.32. The maximum atomic E-state index is 12.9. The second-order valence-electron chi connectivity index (χ2n) is 6.95. The van der Waals surface area contributed by atoms with Crippen LogP contribution in [0.25, 0.3) is 0 Å². The zero-order valence-corrected chi connectivity index (χ0v) is 14.8. The fourth-order valence-electron chi connectivity index (χ4n) is 2.80. The quantitative estimate of drug-likeness (QED) is 0.791. The molecule has 0 spiro atoms. The molecule has 1 aromatic carbocycles. The van der Waals surface area contributed by atoms with Crippen molar-refractivity contribution in [2.24, 2.45) is 11.3 Å². The SMILES string of the molecule is Cc1ccc(CCl)cc1S(=O)(=O)N1CCC(C(C)(C)C)C1. The van der Waals surface area contributed by atoms with E-state index in [1.807, 2.05) is 19.1 Å². The molecule has 0 aliphatic carbocycles. The van der Waals surface area contributed by atoms with Crippen molar-refractivity contribution < 1.29 is 8.42 Å². The van der Waals surface area contributed by atoms with Crippen LogP contribution in [0.2, 0.25) is 0 Å². The van der Waals surface area contributed by atoms with Crippen LogP contribution < -0.4 is 0 Å². The first-order valence-corrected chi connectivity index (χ1v) is 9.29. The van der Waals surface area contributed by atoms with Gasteiger partial charge in [-0.25, -0.2) is 8.42 Å². The van der Waals surface area contributed by atoms with Gasteiger partial charge in [-0.05, 0) is 41.9 Å². The summed E-state index contributed by atoms with van der Waals surface area (Å²) in [5.74, 6) is 0.733. The number of rotatable bonds is 3.